The largest absolute Gasteiger partial charge is 0.381 e. The average Bonchev–Trinajstić information content (AvgIpc) is 2.86. The van der Waals surface area contributed by atoms with Crippen molar-refractivity contribution in [1.82, 2.24) is 24.8 Å². The van der Waals surface area contributed by atoms with Crippen LogP contribution in [0.5, 0.6) is 0 Å². The van der Waals surface area contributed by atoms with E-state index in [1.54, 1.807) is 4.68 Å². The zero-order valence-corrected chi connectivity index (χ0v) is 10.3. The van der Waals surface area contributed by atoms with E-state index in [0.717, 1.165) is 31.5 Å². The van der Waals surface area contributed by atoms with Gasteiger partial charge in [-0.2, -0.15) is 5.10 Å². The molecule has 92 valence electrons. The Morgan fingerprint density at radius 3 is 2.82 bits per heavy atom. The van der Waals surface area contributed by atoms with E-state index in [1.807, 2.05) is 24.1 Å². The third-order valence-corrected chi connectivity index (χ3v) is 2.73. The number of nitrogens with zero attached hydrogens (tertiary/aromatic N) is 5. The number of hydrogen-bond acceptors (Lipinski definition) is 4. The molecule has 0 spiro atoms. The molecule has 0 fully saturated rings. The molecule has 0 aromatic carbocycles. The van der Waals surface area contributed by atoms with E-state index in [2.05, 4.69) is 22.3 Å². The Balaban J connectivity index is 2.03. The molecule has 0 unspecified atom stereocenters. The topological polar surface area (TPSA) is 74.6 Å². The lowest BCUT2D eigenvalue weighted by molar-refractivity contribution is 0.561. The molecule has 2 aromatic rings. The smallest absolute Gasteiger partial charge is 0.169 e. The van der Waals surface area contributed by atoms with Gasteiger partial charge in [0.15, 0.2) is 5.82 Å². The molecule has 2 rings (SSSR count). The second-order valence-electron chi connectivity index (χ2n) is 4.17. The highest BCUT2D eigenvalue weighted by Crippen LogP contribution is 2.11. The average molecular weight is 234 g/mol. The van der Waals surface area contributed by atoms with Crippen molar-refractivity contribution < 1.29 is 0 Å². The molecule has 6 nitrogen and oxygen atoms in total. The predicted molar refractivity (Wildman–Crippen MR) is 65.3 cm³/mol. The Bertz CT molecular complexity index is 484. The molecule has 0 radical (unpaired) electrons. The molecule has 2 heterocycles. The summed E-state index contributed by atoms with van der Waals surface area (Å²) < 4.78 is 3.70. The van der Waals surface area contributed by atoms with Crippen molar-refractivity contribution in [2.75, 3.05) is 5.73 Å². The van der Waals surface area contributed by atoms with Gasteiger partial charge in [0, 0.05) is 19.8 Å². The van der Waals surface area contributed by atoms with Crippen LogP contribution >= 0.6 is 0 Å². The van der Waals surface area contributed by atoms with Gasteiger partial charge in [-0.05, 0) is 18.4 Å². The lowest BCUT2D eigenvalue weighted by Crippen LogP contribution is -2.08. The monoisotopic (exact) mass is 234 g/mol. The fraction of sp³-hybridized carbons (Fsp3) is 0.545. The van der Waals surface area contributed by atoms with Gasteiger partial charge in [-0.15, -0.1) is 5.10 Å². The SMILES string of the molecule is CCCc1c(N)nnn1CCc1cnn(C)c1. The number of aryl methyl sites for hydroxylation is 3. The standard InChI is InChI=1S/C11H18N6/c1-3-4-10-11(12)14-15-17(10)6-5-9-7-13-16(2)8-9/h7-8H,3-6,12H2,1-2H3. The summed E-state index contributed by atoms with van der Waals surface area (Å²) >= 11 is 0. The number of nitrogens with two attached hydrogens (primary N) is 1. The molecule has 0 amide bonds. The van der Waals surface area contributed by atoms with E-state index in [4.69, 9.17) is 5.73 Å². The van der Waals surface area contributed by atoms with Crippen LogP contribution in [0.4, 0.5) is 5.82 Å². The molecule has 2 N–H and O–H groups in total. The molecule has 0 aliphatic carbocycles. The maximum absolute atomic E-state index is 5.79. The third kappa shape index (κ3) is 2.64. The first-order chi connectivity index (χ1) is 8.20. The summed E-state index contributed by atoms with van der Waals surface area (Å²) in [5, 5.41) is 12.1. The van der Waals surface area contributed by atoms with Crippen molar-refractivity contribution >= 4 is 5.82 Å². The highest BCUT2D eigenvalue weighted by atomic mass is 15.4. The first-order valence-electron chi connectivity index (χ1n) is 5.86. The summed E-state index contributed by atoms with van der Waals surface area (Å²) in [4.78, 5) is 0. The van der Waals surface area contributed by atoms with Crippen LogP contribution < -0.4 is 5.73 Å². The quantitative estimate of drug-likeness (QED) is 0.830. The molecular formula is C11H18N6. The van der Waals surface area contributed by atoms with Crippen molar-refractivity contribution in [3.8, 4) is 0 Å². The number of nitrogen functional groups attached to an aromatic ring is 1. The van der Waals surface area contributed by atoms with Crippen molar-refractivity contribution in [1.29, 1.82) is 0 Å². The van der Waals surface area contributed by atoms with E-state index in [9.17, 15) is 0 Å². The summed E-state index contributed by atoms with van der Waals surface area (Å²) in [7, 11) is 1.92. The number of aromatic nitrogens is 5. The van der Waals surface area contributed by atoms with Crippen LogP contribution in [0.15, 0.2) is 12.4 Å². The second kappa shape index (κ2) is 4.99. The molecule has 17 heavy (non-hydrogen) atoms. The minimum absolute atomic E-state index is 0.554. The fourth-order valence-electron chi connectivity index (χ4n) is 1.86. The van der Waals surface area contributed by atoms with Gasteiger partial charge >= 0.3 is 0 Å². The number of hydrogen-bond donors (Lipinski definition) is 1. The van der Waals surface area contributed by atoms with Crippen LogP contribution in [0.2, 0.25) is 0 Å². The predicted octanol–water partition coefficient (Wildman–Crippen LogP) is 0.789. The first-order valence-corrected chi connectivity index (χ1v) is 5.86. The summed E-state index contributed by atoms with van der Waals surface area (Å²) in [6, 6.07) is 0. The Kier molecular flexibility index (Phi) is 3.41. The fourth-order valence-corrected chi connectivity index (χ4v) is 1.86. The van der Waals surface area contributed by atoms with Crippen LogP contribution in [0.25, 0.3) is 0 Å². The summed E-state index contributed by atoms with van der Waals surface area (Å²) in [5.41, 5.74) is 8.03. The van der Waals surface area contributed by atoms with Gasteiger partial charge in [-0.25, -0.2) is 4.68 Å². The number of rotatable bonds is 5. The molecule has 0 saturated heterocycles. The molecule has 0 atom stereocenters. The maximum Gasteiger partial charge on any atom is 0.169 e. The number of anilines is 1. The van der Waals surface area contributed by atoms with Crippen LogP contribution in [0.3, 0.4) is 0 Å². The van der Waals surface area contributed by atoms with E-state index < -0.39 is 0 Å². The summed E-state index contributed by atoms with van der Waals surface area (Å²) in [6.45, 7) is 2.92. The minimum Gasteiger partial charge on any atom is -0.381 e. The van der Waals surface area contributed by atoms with Gasteiger partial charge in [0.1, 0.15) is 0 Å². The van der Waals surface area contributed by atoms with Crippen molar-refractivity contribution in [3.05, 3.63) is 23.7 Å². The van der Waals surface area contributed by atoms with Crippen molar-refractivity contribution in [2.45, 2.75) is 32.7 Å². The Labute approximate surface area is 100 Å². The maximum atomic E-state index is 5.79. The van der Waals surface area contributed by atoms with E-state index >= 15 is 0 Å². The van der Waals surface area contributed by atoms with Gasteiger partial charge < -0.3 is 5.73 Å². The summed E-state index contributed by atoms with van der Waals surface area (Å²) in [5.74, 6) is 0.554. The van der Waals surface area contributed by atoms with E-state index in [-0.39, 0.29) is 0 Å². The molecule has 0 bridgehead atoms. The van der Waals surface area contributed by atoms with Crippen molar-refractivity contribution in [2.24, 2.45) is 7.05 Å². The minimum atomic E-state index is 0.554. The zero-order chi connectivity index (χ0) is 12.3. The van der Waals surface area contributed by atoms with Crippen molar-refractivity contribution in [3.63, 3.8) is 0 Å². The second-order valence-corrected chi connectivity index (χ2v) is 4.17. The van der Waals surface area contributed by atoms with Crippen LogP contribution in [-0.2, 0) is 26.4 Å². The zero-order valence-electron chi connectivity index (χ0n) is 10.3. The highest BCUT2D eigenvalue weighted by molar-refractivity contribution is 5.32. The molecular weight excluding hydrogens is 216 g/mol. The highest BCUT2D eigenvalue weighted by Gasteiger charge is 2.09. The van der Waals surface area contributed by atoms with Crippen LogP contribution in [0, 0.1) is 0 Å². The first kappa shape index (κ1) is 11.6. The molecule has 6 heteroatoms. The van der Waals surface area contributed by atoms with Gasteiger partial charge in [0.2, 0.25) is 0 Å². The molecule has 2 aromatic heterocycles. The molecule has 0 aliphatic rings. The summed E-state index contributed by atoms with van der Waals surface area (Å²) in [6.07, 6.45) is 6.75. The van der Waals surface area contributed by atoms with E-state index in [0.29, 0.717) is 5.82 Å². The Morgan fingerprint density at radius 2 is 2.18 bits per heavy atom. The van der Waals surface area contributed by atoms with Gasteiger partial charge in [-0.3, -0.25) is 4.68 Å². The molecule has 0 aliphatic heterocycles. The lowest BCUT2D eigenvalue weighted by Gasteiger charge is -2.04. The molecule has 0 saturated carbocycles. The Hall–Kier alpha value is -1.85. The van der Waals surface area contributed by atoms with E-state index in [1.165, 1.54) is 5.56 Å². The van der Waals surface area contributed by atoms with Crippen LogP contribution in [0.1, 0.15) is 24.6 Å². The Morgan fingerprint density at radius 1 is 1.35 bits per heavy atom. The van der Waals surface area contributed by atoms with Gasteiger partial charge in [0.05, 0.1) is 11.9 Å². The third-order valence-electron chi connectivity index (χ3n) is 2.73. The van der Waals surface area contributed by atoms with Gasteiger partial charge in [-0.1, -0.05) is 18.6 Å². The van der Waals surface area contributed by atoms with Gasteiger partial charge in [0.25, 0.3) is 0 Å². The normalized spacial score (nSPS) is 10.9. The lowest BCUT2D eigenvalue weighted by atomic mass is 10.2. The van der Waals surface area contributed by atoms with Crippen LogP contribution in [-0.4, -0.2) is 24.8 Å².